The lowest BCUT2D eigenvalue weighted by Gasteiger charge is -2.43. The van der Waals surface area contributed by atoms with Crippen LogP contribution in [0.1, 0.15) is 20.3 Å². The van der Waals surface area contributed by atoms with E-state index >= 15 is 0 Å². The van der Waals surface area contributed by atoms with Gasteiger partial charge in [0.05, 0.1) is 11.5 Å². The fourth-order valence-corrected chi connectivity index (χ4v) is 5.80. The molecule has 0 saturated carbocycles. The Kier molecular flexibility index (Phi) is 2.60. The summed E-state index contributed by atoms with van der Waals surface area (Å²) in [4.78, 5) is 0. The van der Waals surface area contributed by atoms with Crippen molar-refractivity contribution >= 4 is 21.6 Å². The van der Waals surface area contributed by atoms with Gasteiger partial charge in [0.25, 0.3) is 0 Å². The Morgan fingerprint density at radius 1 is 1.43 bits per heavy atom. The van der Waals surface area contributed by atoms with Crippen molar-refractivity contribution < 1.29 is 8.42 Å². The number of thioether (sulfide) groups is 1. The van der Waals surface area contributed by atoms with Crippen LogP contribution >= 0.6 is 11.8 Å². The highest BCUT2D eigenvalue weighted by Crippen LogP contribution is 2.32. The maximum atomic E-state index is 11.4. The molecule has 0 aromatic carbocycles. The number of hydrogen-bond donors (Lipinski definition) is 1. The summed E-state index contributed by atoms with van der Waals surface area (Å²) >= 11 is 1.81. The molecule has 0 bridgehead atoms. The Hall–Kier alpha value is 0.260. The van der Waals surface area contributed by atoms with Gasteiger partial charge in [-0.2, -0.15) is 11.8 Å². The van der Waals surface area contributed by atoms with Crippen molar-refractivity contribution in [2.24, 2.45) is 0 Å². The van der Waals surface area contributed by atoms with Crippen molar-refractivity contribution in [3.63, 3.8) is 0 Å². The maximum absolute atomic E-state index is 11.4. The second-order valence-electron chi connectivity index (χ2n) is 4.89. The number of sulfone groups is 1. The van der Waals surface area contributed by atoms with E-state index in [1.165, 1.54) is 0 Å². The molecule has 2 rings (SSSR count). The van der Waals surface area contributed by atoms with Crippen LogP contribution in [0.2, 0.25) is 0 Å². The summed E-state index contributed by atoms with van der Waals surface area (Å²) in [5, 5.41) is 3.83. The van der Waals surface area contributed by atoms with Gasteiger partial charge in [0.15, 0.2) is 9.84 Å². The van der Waals surface area contributed by atoms with Crippen molar-refractivity contribution in [1.82, 2.24) is 5.32 Å². The first-order valence-corrected chi connectivity index (χ1v) is 7.85. The Morgan fingerprint density at radius 3 is 2.86 bits per heavy atom. The van der Waals surface area contributed by atoms with Crippen LogP contribution in [-0.2, 0) is 9.84 Å². The quantitative estimate of drug-likeness (QED) is 0.670. The van der Waals surface area contributed by atoms with E-state index in [1.54, 1.807) is 0 Å². The summed E-state index contributed by atoms with van der Waals surface area (Å²) in [5.74, 6) is 1.73. The largest absolute Gasteiger partial charge is 0.307 e. The molecule has 0 aromatic rings. The normalized spacial score (nSPS) is 40.1. The second-order valence-corrected chi connectivity index (χ2v) is 8.34. The van der Waals surface area contributed by atoms with Crippen molar-refractivity contribution in [3.8, 4) is 0 Å². The summed E-state index contributed by atoms with van der Waals surface area (Å²) in [6.07, 6.45) is 0.781. The molecule has 1 N–H and O–H groups in total. The lowest BCUT2D eigenvalue weighted by Crippen LogP contribution is -2.59. The average molecular weight is 235 g/mol. The third-order valence-electron chi connectivity index (χ3n) is 2.84. The minimum Gasteiger partial charge on any atom is -0.307 e. The summed E-state index contributed by atoms with van der Waals surface area (Å²) in [5.41, 5.74) is 0.160. The van der Waals surface area contributed by atoms with Crippen LogP contribution in [0.4, 0.5) is 0 Å². The summed E-state index contributed by atoms with van der Waals surface area (Å²) in [7, 11) is -2.75. The highest BCUT2D eigenvalue weighted by molar-refractivity contribution is 8.01. The van der Waals surface area contributed by atoms with Gasteiger partial charge in [-0.25, -0.2) is 8.42 Å². The zero-order valence-electron chi connectivity index (χ0n) is 8.62. The zero-order valence-corrected chi connectivity index (χ0v) is 10.2. The van der Waals surface area contributed by atoms with Gasteiger partial charge >= 0.3 is 0 Å². The molecular weight excluding hydrogens is 218 g/mol. The fourth-order valence-electron chi connectivity index (χ4n) is 2.13. The molecule has 2 aliphatic heterocycles. The molecular formula is C9H17NO2S2. The van der Waals surface area contributed by atoms with E-state index in [-0.39, 0.29) is 10.8 Å². The Morgan fingerprint density at radius 2 is 2.14 bits per heavy atom. The Labute approximate surface area is 89.9 Å². The molecule has 0 radical (unpaired) electrons. The Bertz CT molecular complexity index is 324. The first kappa shape index (κ1) is 10.8. The smallest absolute Gasteiger partial charge is 0.151 e. The molecule has 2 saturated heterocycles. The van der Waals surface area contributed by atoms with Crippen LogP contribution in [0.5, 0.6) is 0 Å². The van der Waals surface area contributed by atoms with E-state index in [0.29, 0.717) is 17.5 Å². The molecule has 2 heterocycles. The first-order chi connectivity index (χ1) is 6.38. The summed E-state index contributed by atoms with van der Waals surface area (Å²) < 4.78 is 22.9. The molecule has 2 atom stereocenters. The molecule has 0 spiro atoms. The van der Waals surface area contributed by atoms with E-state index in [1.807, 2.05) is 11.8 Å². The van der Waals surface area contributed by atoms with Gasteiger partial charge in [0, 0.05) is 22.6 Å². The number of rotatable bonds is 0. The molecule has 0 amide bonds. The molecule has 3 nitrogen and oxygen atoms in total. The van der Waals surface area contributed by atoms with Crippen LogP contribution in [0.3, 0.4) is 0 Å². The second kappa shape index (κ2) is 3.39. The Balaban J connectivity index is 2.09. The van der Waals surface area contributed by atoms with Crippen molar-refractivity contribution in [1.29, 1.82) is 0 Å². The highest BCUT2D eigenvalue weighted by atomic mass is 32.2. The van der Waals surface area contributed by atoms with Gasteiger partial charge in [0.2, 0.25) is 0 Å². The predicted octanol–water partition coefficient (Wildman–Crippen LogP) is 0.657. The predicted molar refractivity (Wildman–Crippen MR) is 60.5 cm³/mol. The van der Waals surface area contributed by atoms with Gasteiger partial charge in [0.1, 0.15) is 0 Å². The minimum absolute atomic E-state index is 0.160. The van der Waals surface area contributed by atoms with Crippen LogP contribution in [0, 0.1) is 0 Å². The number of fused-ring (bicyclic) bond motifs is 1. The lowest BCUT2D eigenvalue weighted by atomic mass is 10.0. The van der Waals surface area contributed by atoms with E-state index < -0.39 is 9.84 Å². The van der Waals surface area contributed by atoms with Crippen molar-refractivity contribution in [2.75, 3.05) is 17.3 Å². The molecule has 2 unspecified atom stereocenters. The molecule has 2 aliphatic rings. The average Bonchev–Trinajstić information content (AvgIpc) is 2.04. The molecule has 5 heteroatoms. The van der Waals surface area contributed by atoms with Crippen molar-refractivity contribution in [3.05, 3.63) is 0 Å². The van der Waals surface area contributed by atoms with E-state index in [9.17, 15) is 8.42 Å². The molecule has 14 heavy (non-hydrogen) atoms. The van der Waals surface area contributed by atoms with E-state index in [2.05, 4.69) is 19.2 Å². The molecule has 2 fully saturated rings. The molecule has 82 valence electrons. The van der Waals surface area contributed by atoms with Crippen LogP contribution < -0.4 is 5.32 Å². The highest BCUT2D eigenvalue weighted by Gasteiger charge is 2.40. The minimum atomic E-state index is -2.75. The van der Waals surface area contributed by atoms with Gasteiger partial charge < -0.3 is 5.32 Å². The molecule has 0 aromatic heterocycles. The van der Waals surface area contributed by atoms with Crippen molar-refractivity contribution in [2.45, 2.75) is 37.1 Å². The summed E-state index contributed by atoms with van der Waals surface area (Å²) in [6.45, 7) is 4.36. The van der Waals surface area contributed by atoms with Gasteiger partial charge in [-0.1, -0.05) is 0 Å². The van der Waals surface area contributed by atoms with Gasteiger partial charge in [-0.05, 0) is 20.3 Å². The SMILES string of the molecule is CC1(C)CSC2CS(=O)(=O)CCC2N1. The third-order valence-corrected chi connectivity index (χ3v) is 6.59. The monoisotopic (exact) mass is 235 g/mol. The summed E-state index contributed by atoms with van der Waals surface area (Å²) in [6, 6.07) is 0.396. The molecule has 0 aliphatic carbocycles. The topological polar surface area (TPSA) is 46.2 Å². The van der Waals surface area contributed by atoms with E-state index in [4.69, 9.17) is 0 Å². The standard InChI is InChI=1S/C9H17NO2S2/c1-9(2)6-13-8-5-14(11,12)4-3-7(8)10-9/h7-8,10H,3-6H2,1-2H3. The number of nitrogens with one attached hydrogen (secondary N) is 1. The van der Waals surface area contributed by atoms with Gasteiger partial charge in [-0.15, -0.1) is 0 Å². The van der Waals surface area contributed by atoms with Crippen LogP contribution in [0.25, 0.3) is 0 Å². The zero-order chi connectivity index (χ0) is 10.4. The number of hydrogen-bond acceptors (Lipinski definition) is 4. The van der Waals surface area contributed by atoms with Crippen LogP contribution in [-0.4, -0.2) is 42.5 Å². The first-order valence-electron chi connectivity index (χ1n) is 4.98. The fraction of sp³-hybridized carbons (Fsp3) is 1.00. The lowest BCUT2D eigenvalue weighted by molar-refractivity contribution is 0.336. The van der Waals surface area contributed by atoms with Crippen LogP contribution in [0.15, 0.2) is 0 Å². The maximum Gasteiger partial charge on any atom is 0.151 e. The van der Waals surface area contributed by atoms with Gasteiger partial charge in [-0.3, -0.25) is 0 Å². The third kappa shape index (κ3) is 2.25. The van der Waals surface area contributed by atoms with E-state index in [0.717, 1.165) is 12.2 Å².